The first-order chi connectivity index (χ1) is 14.7. The van der Waals surface area contributed by atoms with E-state index in [4.69, 9.17) is 9.72 Å². The van der Waals surface area contributed by atoms with Crippen LogP contribution in [0, 0.1) is 0 Å². The molecule has 152 valence electrons. The van der Waals surface area contributed by atoms with E-state index in [1.807, 2.05) is 41.8 Å². The molecule has 0 bridgehead atoms. The van der Waals surface area contributed by atoms with E-state index >= 15 is 0 Å². The molecule has 0 saturated carbocycles. The first kappa shape index (κ1) is 18.7. The van der Waals surface area contributed by atoms with Crippen LogP contribution in [0.3, 0.4) is 0 Å². The van der Waals surface area contributed by atoms with Gasteiger partial charge in [-0.2, -0.15) is 0 Å². The smallest absolute Gasteiger partial charge is 0.298 e. The number of thiazole rings is 1. The van der Waals surface area contributed by atoms with Gasteiger partial charge in [-0.3, -0.25) is 14.7 Å². The second kappa shape index (κ2) is 7.83. The summed E-state index contributed by atoms with van der Waals surface area (Å²) in [4.78, 5) is 24.2. The summed E-state index contributed by atoms with van der Waals surface area (Å²) < 4.78 is 8.61. The van der Waals surface area contributed by atoms with Gasteiger partial charge < -0.3 is 9.30 Å². The monoisotopic (exact) mass is 420 g/mol. The third kappa shape index (κ3) is 3.30. The highest BCUT2D eigenvalue weighted by Crippen LogP contribution is 2.35. The highest BCUT2D eigenvalue weighted by atomic mass is 32.1. The Kier molecular flexibility index (Phi) is 4.88. The molecule has 0 atom stereocenters. The maximum Gasteiger partial charge on any atom is 0.298 e. The Bertz CT molecular complexity index is 1200. The lowest BCUT2D eigenvalue weighted by atomic mass is 10.2. The van der Waals surface area contributed by atoms with Gasteiger partial charge in [0.1, 0.15) is 17.1 Å². The molecule has 9 heteroatoms. The van der Waals surface area contributed by atoms with Crippen molar-refractivity contribution in [3.8, 4) is 5.75 Å². The molecule has 1 amide bonds. The zero-order chi connectivity index (χ0) is 20.5. The molecule has 0 radical (unpaired) electrons. The summed E-state index contributed by atoms with van der Waals surface area (Å²) in [7, 11) is 0. The number of nitrogens with zero attached hydrogens (tertiary/aromatic N) is 6. The summed E-state index contributed by atoms with van der Waals surface area (Å²) in [6.45, 7) is 3.60. The highest BCUT2D eigenvalue weighted by Gasteiger charge is 2.29. The van der Waals surface area contributed by atoms with E-state index in [0.29, 0.717) is 24.1 Å². The quantitative estimate of drug-likeness (QED) is 0.475. The van der Waals surface area contributed by atoms with Gasteiger partial charge in [-0.05, 0) is 37.1 Å². The molecular formula is C21H20N6O2S. The number of aryl methyl sites for hydroxylation is 1. The van der Waals surface area contributed by atoms with Gasteiger partial charge in [-0.25, -0.2) is 4.98 Å². The predicted octanol–water partition coefficient (Wildman–Crippen LogP) is 3.47. The van der Waals surface area contributed by atoms with Crippen molar-refractivity contribution >= 4 is 32.6 Å². The van der Waals surface area contributed by atoms with E-state index in [9.17, 15) is 4.79 Å². The van der Waals surface area contributed by atoms with Crippen molar-refractivity contribution in [2.45, 2.75) is 32.9 Å². The Morgan fingerprint density at radius 2 is 2.20 bits per heavy atom. The number of hydrogen-bond donors (Lipinski definition) is 0. The summed E-state index contributed by atoms with van der Waals surface area (Å²) >= 11 is 1.46. The van der Waals surface area contributed by atoms with E-state index in [1.54, 1.807) is 17.3 Å². The van der Waals surface area contributed by atoms with Gasteiger partial charge in [0.2, 0.25) is 5.82 Å². The second-order valence-electron chi connectivity index (χ2n) is 6.98. The van der Waals surface area contributed by atoms with Crippen molar-refractivity contribution in [1.29, 1.82) is 0 Å². The number of rotatable bonds is 6. The molecule has 1 aromatic carbocycles. The average Bonchev–Trinajstić information content (AvgIpc) is 3.48. The van der Waals surface area contributed by atoms with Gasteiger partial charge in [-0.15, -0.1) is 10.2 Å². The van der Waals surface area contributed by atoms with E-state index in [-0.39, 0.29) is 5.91 Å². The molecule has 30 heavy (non-hydrogen) atoms. The van der Waals surface area contributed by atoms with Crippen LogP contribution in [0.4, 0.5) is 5.13 Å². The molecule has 8 nitrogen and oxygen atoms in total. The molecule has 0 saturated heterocycles. The number of aromatic nitrogens is 5. The summed E-state index contributed by atoms with van der Waals surface area (Å²) in [5, 5.41) is 8.98. The Morgan fingerprint density at radius 3 is 3.03 bits per heavy atom. The lowest BCUT2D eigenvalue weighted by Crippen LogP contribution is -2.32. The van der Waals surface area contributed by atoms with Crippen LogP contribution in [0.2, 0.25) is 0 Å². The van der Waals surface area contributed by atoms with Crippen LogP contribution in [0.25, 0.3) is 10.2 Å². The van der Waals surface area contributed by atoms with Crippen LogP contribution < -0.4 is 9.64 Å². The third-order valence-electron chi connectivity index (χ3n) is 5.01. The molecule has 5 rings (SSSR count). The van der Waals surface area contributed by atoms with Crippen molar-refractivity contribution in [3.05, 3.63) is 59.9 Å². The van der Waals surface area contributed by atoms with E-state index < -0.39 is 0 Å². The number of benzene rings is 1. The minimum absolute atomic E-state index is 0.212. The molecule has 0 aliphatic carbocycles. The Morgan fingerprint density at radius 1 is 1.27 bits per heavy atom. The number of ether oxygens (including phenoxy) is 1. The molecule has 1 aliphatic heterocycles. The molecular weight excluding hydrogens is 400 g/mol. The Labute approximate surface area is 177 Å². The first-order valence-corrected chi connectivity index (χ1v) is 10.7. The van der Waals surface area contributed by atoms with Crippen LogP contribution in [0.5, 0.6) is 5.75 Å². The molecule has 0 spiro atoms. The molecule has 0 N–H and O–H groups in total. The van der Waals surface area contributed by atoms with Gasteiger partial charge in [0.15, 0.2) is 5.13 Å². The first-order valence-electron chi connectivity index (χ1n) is 9.90. The van der Waals surface area contributed by atoms with Crippen molar-refractivity contribution in [1.82, 2.24) is 24.7 Å². The standard InChI is InChI=1S/C21H20N6O2S/c1-2-29-15-7-3-8-16-18(15)23-21(30-16)27(13-14-6-4-10-22-12-14)20(28)19-25-24-17-9-5-11-26(17)19/h3-4,6-8,10,12H,2,5,9,11,13H2,1H3. The number of hydrogen-bond acceptors (Lipinski definition) is 7. The van der Waals surface area contributed by atoms with Gasteiger partial charge in [0.05, 0.1) is 17.9 Å². The van der Waals surface area contributed by atoms with Gasteiger partial charge in [-0.1, -0.05) is 23.5 Å². The number of pyridine rings is 1. The van der Waals surface area contributed by atoms with Crippen LogP contribution in [0.15, 0.2) is 42.7 Å². The maximum absolute atomic E-state index is 13.6. The number of carbonyl (C=O) groups excluding carboxylic acids is 1. The Hall–Kier alpha value is -3.33. The van der Waals surface area contributed by atoms with Crippen LogP contribution in [-0.4, -0.2) is 37.2 Å². The number of para-hydroxylation sites is 1. The minimum atomic E-state index is -0.212. The van der Waals surface area contributed by atoms with E-state index in [0.717, 1.165) is 46.7 Å². The molecule has 0 unspecified atom stereocenters. The third-order valence-corrected chi connectivity index (χ3v) is 6.05. The van der Waals surface area contributed by atoms with Crippen LogP contribution >= 0.6 is 11.3 Å². The second-order valence-corrected chi connectivity index (χ2v) is 7.99. The average molecular weight is 420 g/mol. The number of amides is 1. The van der Waals surface area contributed by atoms with Crippen molar-refractivity contribution in [2.75, 3.05) is 11.5 Å². The van der Waals surface area contributed by atoms with E-state index in [1.165, 1.54) is 11.3 Å². The predicted molar refractivity (Wildman–Crippen MR) is 114 cm³/mol. The van der Waals surface area contributed by atoms with E-state index in [2.05, 4.69) is 15.2 Å². The van der Waals surface area contributed by atoms with Gasteiger partial charge in [0.25, 0.3) is 5.91 Å². The van der Waals surface area contributed by atoms with Crippen LogP contribution in [0.1, 0.15) is 35.4 Å². The molecule has 3 aromatic heterocycles. The Balaban J connectivity index is 1.58. The summed E-state index contributed by atoms with van der Waals surface area (Å²) in [5.41, 5.74) is 1.67. The SMILES string of the molecule is CCOc1cccc2sc(N(Cc3cccnc3)C(=O)c3nnc4n3CCC4)nc12. The molecule has 0 fully saturated rings. The fourth-order valence-corrected chi connectivity index (χ4v) is 4.61. The normalized spacial score (nSPS) is 12.8. The summed E-state index contributed by atoms with van der Waals surface area (Å²) in [6.07, 6.45) is 5.30. The van der Waals surface area contributed by atoms with Crippen molar-refractivity contribution < 1.29 is 9.53 Å². The zero-order valence-electron chi connectivity index (χ0n) is 16.5. The minimum Gasteiger partial charge on any atom is -0.492 e. The molecule has 4 heterocycles. The summed E-state index contributed by atoms with van der Waals surface area (Å²) in [5.74, 6) is 1.73. The van der Waals surface area contributed by atoms with Crippen molar-refractivity contribution in [2.24, 2.45) is 0 Å². The lowest BCUT2D eigenvalue weighted by molar-refractivity contribution is 0.0970. The number of anilines is 1. The lowest BCUT2D eigenvalue weighted by Gasteiger charge is -2.19. The van der Waals surface area contributed by atoms with Gasteiger partial charge in [0, 0.05) is 25.4 Å². The van der Waals surface area contributed by atoms with Crippen molar-refractivity contribution in [3.63, 3.8) is 0 Å². The fraction of sp³-hybridized carbons (Fsp3) is 0.286. The number of fused-ring (bicyclic) bond motifs is 2. The largest absolute Gasteiger partial charge is 0.492 e. The molecule has 1 aliphatic rings. The summed E-state index contributed by atoms with van der Waals surface area (Å²) in [6, 6.07) is 9.63. The topological polar surface area (TPSA) is 86.0 Å². The molecule has 4 aromatic rings. The fourth-order valence-electron chi connectivity index (χ4n) is 3.63. The maximum atomic E-state index is 13.6. The van der Waals surface area contributed by atoms with Crippen LogP contribution in [-0.2, 0) is 19.5 Å². The highest BCUT2D eigenvalue weighted by molar-refractivity contribution is 7.22. The van der Waals surface area contributed by atoms with Gasteiger partial charge >= 0.3 is 0 Å². The number of carbonyl (C=O) groups is 1. The zero-order valence-corrected chi connectivity index (χ0v) is 17.3.